The van der Waals surface area contributed by atoms with E-state index < -0.39 is 0 Å². The Morgan fingerprint density at radius 3 is 2.41 bits per heavy atom. The molecule has 0 atom stereocenters. The molecule has 2 aliphatic heterocycles. The highest BCUT2D eigenvalue weighted by atomic mass is 15.2. The van der Waals surface area contributed by atoms with Crippen LogP contribution in [0.15, 0.2) is 23.3 Å². The third-order valence-electron chi connectivity index (χ3n) is 6.10. The van der Waals surface area contributed by atoms with Crippen molar-refractivity contribution < 1.29 is 0 Å². The van der Waals surface area contributed by atoms with E-state index >= 15 is 0 Å². The van der Waals surface area contributed by atoms with Crippen LogP contribution in [-0.2, 0) is 6.54 Å². The molecule has 3 rings (SSSR count). The van der Waals surface area contributed by atoms with Crippen LogP contribution < -0.4 is 15.5 Å². The van der Waals surface area contributed by atoms with Gasteiger partial charge in [-0.25, -0.2) is 9.98 Å². The summed E-state index contributed by atoms with van der Waals surface area (Å²) in [4.78, 5) is 14.5. The Morgan fingerprint density at radius 2 is 1.83 bits per heavy atom. The zero-order valence-electron chi connectivity index (χ0n) is 18.7. The van der Waals surface area contributed by atoms with E-state index in [2.05, 4.69) is 53.3 Å². The highest BCUT2D eigenvalue weighted by Crippen LogP contribution is 2.18. The summed E-state index contributed by atoms with van der Waals surface area (Å²) in [6, 6.07) is 5.49. The molecule has 29 heavy (non-hydrogen) atoms. The molecule has 0 aliphatic carbocycles. The van der Waals surface area contributed by atoms with E-state index in [0.29, 0.717) is 18.6 Å². The average Bonchev–Trinajstić information content (AvgIpc) is 3.02. The Hall–Kier alpha value is -1.82. The van der Waals surface area contributed by atoms with Crippen molar-refractivity contribution in [3.05, 3.63) is 23.9 Å². The van der Waals surface area contributed by atoms with E-state index in [0.717, 1.165) is 50.1 Å². The predicted octanol–water partition coefficient (Wildman–Crippen LogP) is 3.39. The van der Waals surface area contributed by atoms with Gasteiger partial charge in [-0.1, -0.05) is 18.9 Å². The van der Waals surface area contributed by atoms with Gasteiger partial charge in [0.25, 0.3) is 0 Å². The smallest absolute Gasteiger partial charge is 0.191 e. The molecule has 1 aromatic heterocycles. The third-order valence-corrected chi connectivity index (χ3v) is 6.10. The van der Waals surface area contributed by atoms with Crippen molar-refractivity contribution in [3.8, 4) is 0 Å². The zero-order chi connectivity index (χ0) is 20.5. The van der Waals surface area contributed by atoms with Gasteiger partial charge in [-0.05, 0) is 58.1 Å². The molecule has 2 N–H and O–H groups in total. The molecule has 162 valence electrons. The largest absolute Gasteiger partial charge is 0.357 e. The predicted molar refractivity (Wildman–Crippen MR) is 123 cm³/mol. The highest BCUT2D eigenvalue weighted by Gasteiger charge is 2.21. The maximum absolute atomic E-state index is 4.82. The van der Waals surface area contributed by atoms with Crippen molar-refractivity contribution in [2.24, 2.45) is 4.99 Å². The molecular formula is C23H40N6. The Labute approximate surface area is 177 Å². The van der Waals surface area contributed by atoms with Crippen LogP contribution in [-0.4, -0.2) is 60.7 Å². The number of hydrogen-bond acceptors (Lipinski definition) is 4. The number of likely N-dealkylation sites (tertiary alicyclic amines) is 1. The molecule has 0 radical (unpaired) electrons. The van der Waals surface area contributed by atoms with E-state index in [4.69, 9.17) is 9.98 Å². The molecule has 2 aliphatic rings. The monoisotopic (exact) mass is 400 g/mol. The second kappa shape index (κ2) is 11.4. The van der Waals surface area contributed by atoms with Gasteiger partial charge < -0.3 is 20.4 Å². The maximum Gasteiger partial charge on any atom is 0.191 e. The molecule has 6 heteroatoms. The number of hydrogen-bond donors (Lipinski definition) is 2. The van der Waals surface area contributed by atoms with Crippen LogP contribution in [0.4, 0.5) is 5.82 Å². The van der Waals surface area contributed by atoms with E-state index in [1.807, 2.05) is 6.20 Å². The minimum absolute atomic E-state index is 0.506. The van der Waals surface area contributed by atoms with Gasteiger partial charge in [0.15, 0.2) is 5.96 Å². The van der Waals surface area contributed by atoms with E-state index in [-0.39, 0.29) is 0 Å². The quantitative estimate of drug-likeness (QED) is 0.566. The lowest BCUT2D eigenvalue weighted by atomic mass is 10.0. The van der Waals surface area contributed by atoms with Crippen LogP contribution in [0.25, 0.3) is 0 Å². The summed E-state index contributed by atoms with van der Waals surface area (Å²) in [5, 5.41) is 7.04. The van der Waals surface area contributed by atoms with Crippen molar-refractivity contribution in [2.75, 3.05) is 37.6 Å². The van der Waals surface area contributed by atoms with Gasteiger partial charge in [-0.15, -0.1) is 0 Å². The number of aromatic nitrogens is 1. The minimum Gasteiger partial charge on any atom is -0.357 e. The van der Waals surface area contributed by atoms with Crippen molar-refractivity contribution in [1.82, 2.24) is 20.5 Å². The molecule has 0 saturated carbocycles. The first-order valence-corrected chi connectivity index (χ1v) is 11.6. The molecule has 0 aromatic carbocycles. The molecule has 0 bridgehead atoms. The van der Waals surface area contributed by atoms with Gasteiger partial charge in [-0.2, -0.15) is 0 Å². The first-order valence-electron chi connectivity index (χ1n) is 11.6. The lowest BCUT2D eigenvalue weighted by Gasteiger charge is -2.35. The second-order valence-electron chi connectivity index (χ2n) is 8.67. The third kappa shape index (κ3) is 6.88. The Morgan fingerprint density at radius 1 is 1.10 bits per heavy atom. The zero-order valence-corrected chi connectivity index (χ0v) is 18.7. The summed E-state index contributed by atoms with van der Waals surface area (Å²) in [5.41, 5.74) is 1.16. The van der Waals surface area contributed by atoms with Gasteiger partial charge in [0.2, 0.25) is 0 Å². The standard InChI is InChI=1S/C23H40N6/c1-4-24-23(27-21-11-15-28(16-12-21)19(2)3)26-18-20-9-10-22(25-17-20)29-13-7-5-6-8-14-29/h9-10,17,19,21H,4-8,11-16,18H2,1-3H3,(H2,24,26,27). The maximum atomic E-state index is 4.82. The van der Waals surface area contributed by atoms with Crippen molar-refractivity contribution in [1.29, 1.82) is 0 Å². The first-order chi connectivity index (χ1) is 14.2. The normalized spacial score (nSPS) is 20.0. The van der Waals surface area contributed by atoms with Crippen molar-refractivity contribution in [3.63, 3.8) is 0 Å². The number of rotatable bonds is 6. The fourth-order valence-corrected chi connectivity index (χ4v) is 4.24. The summed E-state index contributed by atoms with van der Waals surface area (Å²) >= 11 is 0. The fraction of sp³-hybridized carbons (Fsp3) is 0.739. The SMILES string of the molecule is CCNC(=NCc1ccc(N2CCCCCC2)nc1)NC1CCN(C(C)C)CC1. The van der Waals surface area contributed by atoms with Crippen molar-refractivity contribution >= 4 is 11.8 Å². The first kappa shape index (κ1) is 21.9. The topological polar surface area (TPSA) is 55.8 Å². The summed E-state index contributed by atoms with van der Waals surface area (Å²) < 4.78 is 0. The summed E-state index contributed by atoms with van der Waals surface area (Å²) in [6.45, 7) is 12.8. The molecule has 2 saturated heterocycles. The molecule has 0 spiro atoms. The van der Waals surface area contributed by atoms with E-state index in [1.54, 1.807) is 0 Å². The van der Waals surface area contributed by atoms with Crippen LogP contribution >= 0.6 is 0 Å². The summed E-state index contributed by atoms with van der Waals surface area (Å²) in [6.07, 6.45) is 9.60. The minimum atomic E-state index is 0.506. The Balaban J connectivity index is 1.53. The molecule has 1 aromatic rings. The van der Waals surface area contributed by atoms with Gasteiger partial charge in [-0.3, -0.25) is 0 Å². The Bertz CT molecular complexity index is 611. The van der Waals surface area contributed by atoms with Gasteiger partial charge in [0.05, 0.1) is 6.54 Å². The summed E-state index contributed by atoms with van der Waals surface area (Å²) in [7, 11) is 0. The van der Waals surface area contributed by atoms with Gasteiger partial charge in [0, 0.05) is 51.0 Å². The van der Waals surface area contributed by atoms with E-state index in [1.165, 1.54) is 38.5 Å². The lowest BCUT2D eigenvalue weighted by molar-refractivity contribution is 0.167. The fourth-order valence-electron chi connectivity index (χ4n) is 4.24. The van der Waals surface area contributed by atoms with E-state index in [9.17, 15) is 0 Å². The number of piperidine rings is 1. The number of nitrogens with zero attached hydrogens (tertiary/aromatic N) is 4. The molecule has 0 unspecified atom stereocenters. The lowest BCUT2D eigenvalue weighted by Crippen LogP contribution is -2.49. The van der Waals surface area contributed by atoms with Gasteiger partial charge in [0.1, 0.15) is 5.82 Å². The van der Waals surface area contributed by atoms with Crippen LogP contribution in [0.3, 0.4) is 0 Å². The van der Waals surface area contributed by atoms with Crippen LogP contribution in [0.5, 0.6) is 0 Å². The Kier molecular flexibility index (Phi) is 8.59. The molecule has 0 amide bonds. The molecule has 2 fully saturated rings. The van der Waals surface area contributed by atoms with Gasteiger partial charge >= 0.3 is 0 Å². The summed E-state index contributed by atoms with van der Waals surface area (Å²) in [5.74, 6) is 2.04. The highest BCUT2D eigenvalue weighted by molar-refractivity contribution is 5.80. The van der Waals surface area contributed by atoms with Crippen molar-refractivity contribution in [2.45, 2.75) is 77.9 Å². The molecule has 3 heterocycles. The molecule has 6 nitrogen and oxygen atoms in total. The van der Waals surface area contributed by atoms with Crippen LogP contribution in [0, 0.1) is 0 Å². The molecular weight excluding hydrogens is 360 g/mol. The number of pyridine rings is 1. The number of aliphatic imine (C=N–C) groups is 1. The van der Waals surface area contributed by atoms with Crippen LogP contribution in [0.2, 0.25) is 0 Å². The number of nitrogens with one attached hydrogen (secondary N) is 2. The average molecular weight is 401 g/mol. The number of guanidine groups is 1. The second-order valence-corrected chi connectivity index (χ2v) is 8.67. The van der Waals surface area contributed by atoms with Crippen LogP contribution in [0.1, 0.15) is 64.9 Å². The number of anilines is 1.